The quantitative estimate of drug-likeness (QED) is 0.905. The van der Waals surface area contributed by atoms with Crippen molar-refractivity contribution in [2.75, 3.05) is 5.32 Å². The SMILES string of the molecule is CC(C)Nc1cc(-c2cnc(C(=O)O)s2)c(Cl)cn1. The molecule has 0 spiro atoms. The lowest BCUT2D eigenvalue weighted by Gasteiger charge is -2.10. The van der Waals surface area contributed by atoms with Crippen LogP contribution in [0.25, 0.3) is 10.4 Å². The Morgan fingerprint density at radius 2 is 2.16 bits per heavy atom. The van der Waals surface area contributed by atoms with E-state index in [2.05, 4.69) is 15.3 Å². The zero-order valence-electron chi connectivity index (χ0n) is 10.3. The van der Waals surface area contributed by atoms with Gasteiger partial charge in [0.1, 0.15) is 5.82 Å². The van der Waals surface area contributed by atoms with Gasteiger partial charge in [-0.1, -0.05) is 11.6 Å². The summed E-state index contributed by atoms with van der Waals surface area (Å²) in [4.78, 5) is 19.6. The molecule has 0 bridgehead atoms. The van der Waals surface area contributed by atoms with Gasteiger partial charge < -0.3 is 10.4 Å². The molecular formula is C12H12ClN3O2S. The maximum absolute atomic E-state index is 10.8. The first kappa shape index (κ1) is 13.8. The van der Waals surface area contributed by atoms with Gasteiger partial charge in [-0.3, -0.25) is 0 Å². The van der Waals surface area contributed by atoms with Crippen molar-refractivity contribution < 1.29 is 9.90 Å². The minimum Gasteiger partial charge on any atom is -0.476 e. The Kier molecular flexibility index (Phi) is 4.01. The third kappa shape index (κ3) is 3.21. The lowest BCUT2D eigenvalue weighted by molar-refractivity contribution is 0.0696. The standard InChI is InChI=1S/C12H12ClN3O2S/c1-6(2)16-10-3-7(8(13)4-14-10)9-5-15-11(19-9)12(17)18/h3-6H,1-2H3,(H,14,16)(H,17,18). The lowest BCUT2D eigenvalue weighted by Crippen LogP contribution is -2.10. The van der Waals surface area contributed by atoms with Crippen molar-refractivity contribution >= 4 is 34.7 Å². The van der Waals surface area contributed by atoms with E-state index in [0.717, 1.165) is 16.9 Å². The van der Waals surface area contributed by atoms with Gasteiger partial charge in [0.15, 0.2) is 0 Å². The summed E-state index contributed by atoms with van der Waals surface area (Å²) in [6.45, 7) is 4.01. The maximum atomic E-state index is 10.8. The van der Waals surface area contributed by atoms with E-state index in [-0.39, 0.29) is 11.0 Å². The Morgan fingerprint density at radius 3 is 2.74 bits per heavy atom. The minimum atomic E-state index is -1.04. The van der Waals surface area contributed by atoms with E-state index >= 15 is 0 Å². The molecule has 0 saturated carbocycles. The van der Waals surface area contributed by atoms with Crippen LogP contribution < -0.4 is 5.32 Å². The number of anilines is 1. The van der Waals surface area contributed by atoms with Crippen LogP contribution in [0.4, 0.5) is 5.82 Å². The number of hydrogen-bond donors (Lipinski definition) is 2. The van der Waals surface area contributed by atoms with E-state index < -0.39 is 5.97 Å². The first-order valence-electron chi connectivity index (χ1n) is 5.59. The van der Waals surface area contributed by atoms with Crippen molar-refractivity contribution in [1.82, 2.24) is 9.97 Å². The third-order valence-corrected chi connectivity index (χ3v) is 3.57. The number of pyridine rings is 1. The van der Waals surface area contributed by atoms with Crippen LogP contribution in [-0.4, -0.2) is 27.1 Å². The second kappa shape index (κ2) is 5.54. The number of thiazole rings is 1. The summed E-state index contributed by atoms with van der Waals surface area (Å²) in [7, 11) is 0. The first-order chi connectivity index (χ1) is 8.97. The normalized spacial score (nSPS) is 10.7. The van der Waals surface area contributed by atoms with Crippen LogP contribution in [0.2, 0.25) is 5.02 Å². The van der Waals surface area contributed by atoms with E-state index in [9.17, 15) is 4.79 Å². The molecule has 5 nitrogen and oxygen atoms in total. The molecule has 0 fully saturated rings. The Hall–Kier alpha value is -1.66. The van der Waals surface area contributed by atoms with Gasteiger partial charge in [0.25, 0.3) is 0 Å². The van der Waals surface area contributed by atoms with Gasteiger partial charge in [-0.2, -0.15) is 0 Å². The molecule has 0 aliphatic heterocycles. The number of aromatic nitrogens is 2. The second-order valence-corrected chi connectivity index (χ2v) is 5.62. The summed E-state index contributed by atoms with van der Waals surface area (Å²) >= 11 is 7.18. The second-order valence-electron chi connectivity index (χ2n) is 4.18. The number of carbonyl (C=O) groups is 1. The molecule has 0 aromatic carbocycles. The Morgan fingerprint density at radius 1 is 1.42 bits per heavy atom. The van der Waals surface area contributed by atoms with Crippen LogP contribution in [0, 0.1) is 0 Å². The number of nitrogens with zero attached hydrogens (tertiary/aromatic N) is 2. The number of carboxylic acids is 1. The van der Waals surface area contributed by atoms with Gasteiger partial charge >= 0.3 is 5.97 Å². The van der Waals surface area contributed by atoms with Crippen molar-refractivity contribution in [3.63, 3.8) is 0 Å². The average Bonchev–Trinajstić information content (AvgIpc) is 2.80. The molecule has 0 atom stereocenters. The van der Waals surface area contributed by atoms with Crippen molar-refractivity contribution in [3.05, 3.63) is 28.5 Å². The van der Waals surface area contributed by atoms with Crippen LogP contribution in [0.3, 0.4) is 0 Å². The van der Waals surface area contributed by atoms with Crippen molar-refractivity contribution in [2.24, 2.45) is 0 Å². The monoisotopic (exact) mass is 297 g/mol. The van der Waals surface area contributed by atoms with Gasteiger partial charge in [0.05, 0.1) is 9.90 Å². The molecule has 0 saturated heterocycles. The van der Waals surface area contributed by atoms with Crippen LogP contribution in [0.1, 0.15) is 23.6 Å². The molecule has 0 unspecified atom stereocenters. The fourth-order valence-electron chi connectivity index (χ4n) is 1.50. The molecule has 2 aromatic rings. The predicted octanol–water partition coefficient (Wildman–Crippen LogP) is 3.38. The van der Waals surface area contributed by atoms with Gasteiger partial charge in [-0.05, 0) is 19.9 Å². The summed E-state index contributed by atoms with van der Waals surface area (Å²) in [6.07, 6.45) is 3.05. The summed E-state index contributed by atoms with van der Waals surface area (Å²) in [6, 6.07) is 2.04. The number of rotatable bonds is 4. The van der Waals surface area contributed by atoms with Crippen LogP contribution in [0.5, 0.6) is 0 Å². The number of aromatic carboxylic acids is 1. The molecule has 2 rings (SSSR count). The fraction of sp³-hybridized carbons (Fsp3) is 0.250. The van der Waals surface area contributed by atoms with E-state index in [4.69, 9.17) is 16.7 Å². The topological polar surface area (TPSA) is 75.1 Å². The van der Waals surface area contributed by atoms with Crippen LogP contribution in [-0.2, 0) is 0 Å². The maximum Gasteiger partial charge on any atom is 0.365 e. The van der Waals surface area contributed by atoms with E-state index in [1.165, 1.54) is 6.20 Å². The fourth-order valence-corrected chi connectivity index (χ4v) is 2.55. The summed E-state index contributed by atoms with van der Waals surface area (Å²) in [5, 5.41) is 12.6. The van der Waals surface area contributed by atoms with Gasteiger partial charge in [0.2, 0.25) is 5.01 Å². The average molecular weight is 298 g/mol. The molecule has 0 radical (unpaired) electrons. The molecule has 2 N–H and O–H groups in total. The molecule has 7 heteroatoms. The van der Waals surface area contributed by atoms with E-state index in [1.54, 1.807) is 12.3 Å². The number of halogens is 1. The highest BCUT2D eigenvalue weighted by molar-refractivity contribution is 7.16. The van der Waals surface area contributed by atoms with E-state index in [0.29, 0.717) is 15.7 Å². The third-order valence-electron chi connectivity index (χ3n) is 2.25. The Bertz CT molecular complexity index is 613. The zero-order chi connectivity index (χ0) is 14.0. The largest absolute Gasteiger partial charge is 0.476 e. The summed E-state index contributed by atoms with van der Waals surface area (Å²) in [5.41, 5.74) is 0.727. The first-order valence-corrected chi connectivity index (χ1v) is 6.78. The molecule has 2 heterocycles. The highest BCUT2D eigenvalue weighted by atomic mass is 35.5. The Labute approximate surface area is 119 Å². The summed E-state index contributed by atoms with van der Waals surface area (Å²) in [5.74, 6) is -0.346. The summed E-state index contributed by atoms with van der Waals surface area (Å²) < 4.78 is 0. The predicted molar refractivity (Wildman–Crippen MR) is 76.1 cm³/mol. The zero-order valence-corrected chi connectivity index (χ0v) is 11.9. The van der Waals surface area contributed by atoms with Crippen LogP contribution in [0.15, 0.2) is 18.5 Å². The molecule has 2 aromatic heterocycles. The number of nitrogens with one attached hydrogen (secondary N) is 1. The van der Waals surface area contributed by atoms with Gasteiger partial charge in [0, 0.05) is 24.0 Å². The van der Waals surface area contributed by atoms with E-state index in [1.807, 2.05) is 13.8 Å². The molecule has 0 amide bonds. The molecular weight excluding hydrogens is 286 g/mol. The highest BCUT2D eigenvalue weighted by Crippen LogP contribution is 2.33. The molecule has 100 valence electrons. The molecule has 19 heavy (non-hydrogen) atoms. The van der Waals surface area contributed by atoms with Gasteiger partial charge in [-0.25, -0.2) is 14.8 Å². The highest BCUT2D eigenvalue weighted by Gasteiger charge is 2.13. The molecule has 0 aliphatic rings. The Balaban J connectivity index is 2.39. The smallest absolute Gasteiger partial charge is 0.365 e. The number of carboxylic acid groups (broad SMARTS) is 1. The van der Waals surface area contributed by atoms with Crippen molar-refractivity contribution in [2.45, 2.75) is 19.9 Å². The van der Waals surface area contributed by atoms with Crippen molar-refractivity contribution in [1.29, 1.82) is 0 Å². The molecule has 0 aliphatic carbocycles. The van der Waals surface area contributed by atoms with Crippen LogP contribution >= 0.6 is 22.9 Å². The lowest BCUT2D eigenvalue weighted by atomic mass is 10.2. The van der Waals surface area contributed by atoms with Crippen molar-refractivity contribution in [3.8, 4) is 10.4 Å². The minimum absolute atomic E-state index is 0.0428. The van der Waals surface area contributed by atoms with Gasteiger partial charge in [-0.15, -0.1) is 11.3 Å². The number of hydrogen-bond acceptors (Lipinski definition) is 5.